The summed E-state index contributed by atoms with van der Waals surface area (Å²) in [5, 5.41) is 41.4. The van der Waals surface area contributed by atoms with E-state index in [0.29, 0.717) is 12.8 Å². The van der Waals surface area contributed by atoms with Crippen LogP contribution in [0.4, 0.5) is 5.82 Å². The molecule has 0 bridgehead atoms. The fourth-order valence-corrected chi connectivity index (χ4v) is 9.39. The molecule has 22 heteroatoms. The van der Waals surface area contributed by atoms with Gasteiger partial charge in [-0.05, 0) is 50.5 Å². The molecule has 2 unspecified atom stereocenters. The third kappa shape index (κ3) is 30.4. The number of ether oxygens (including phenoxy) is 3. The van der Waals surface area contributed by atoms with E-state index in [0.717, 1.165) is 61.6 Å². The Morgan fingerprint density at radius 3 is 2.01 bits per heavy atom. The quantitative estimate of drug-likeness (QED) is 0.0108. The lowest BCUT2D eigenvalue weighted by Crippen LogP contribution is -2.36. The van der Waals surface area contributed by atoms with Gasteiger partial charge in [-0.3, -0.25) is 23.2 Å². The van der Waals surface area contributed by atoms with Crippen LogP contribution in [0.1, 0.15) is 162 Å². The summed E-state index contributed by atoms with van der Waals surface area (Å²) in [7, 11) is -11.0. The van der Waals surface area contributed by atoms with Crippen LogP contribution in [0.25, 0.3) is 0 Å². The number of esters is 2. The van der Waals surface area contributed by atoms with Crippen molar-refractivity contribution in [2.45, 2.75) is 198 Å². The Labute approximate surface area is 419 Å². The van der Waals surface area contributed by atoms with Crippen molar-refractivity contribution >= 4 is 33.4 Å². The second-order valence-corrected chi connectivity index (χ2v) is 21.2. The van der Waals surface area contributed by atoms with Gasteiger partial charge in [-0.15, -0.1) is 0 Å². The maximum atomic E-state index is 12.9. The lowest BCUT2D eigenvalue weighted by atomic mass is 10.0. The summed E-state index contributed by atoms with van der Waals surface area (Å²) in [6.45, 7) is 4.14. The number of unbranched alkanes of at least 4 members (excludes halogenated alkanes) is 13. The lowest BCUT2D eigenvalue weighted by molar-refractivity contribution is -0.161. The molecule has 8 N–H and O–H groups in total. The molecule has 0 amide bonds. The zero-order valence-electron chi connectivity index (χ0n) is 41.9. The minimum Gasteiger partial charge on any atom is -0.462 e. The van der Waals surface area contributed by atoms with Crippen molar-refractivity contribution in [3.8, 4) is 0 Å². The smallest absolute Gasteiger partial charge is 0.462 e. The number of nitrogens with zero attached hydrogens (tertiary/aromatic N) is 2. The Bertz CT molecular complexity index is 1930. The molecule has 2 rings (SSSR count). The molecule has 0 aliphatic carbocycles. The highest BCUT2D eigenvalue weighted by atomic mass is 31.3. The van der Waals surface area contributed by atoms with E-state index in [2.05, 4.69) is 36.1 Å². The number of aromatic nitrogens is 2. The van der Waals surface area contributed by atoms with Crippen LogP contribution >= 0.6 is 15.6 Å². The normalized spacial score (nSPS) is 20.5. The van der Waals surface area contributed by atoms with Gasteiger partial charge < -0.3 is 50.2 Å². The van der Waals surface area contributed by atoms with Crippen LogP contribution < -0.4 is 11.4 Å². The number of hydrogen-bond acceptors (Lipinski definition) is 17. The minimum absolute atomic E-state index is 0.0744. The first-order valence-electron chi connectivity index (χ1n) is 25.2. The van der Waals surface area contributed by atoms with Crippen LogP contribution in [-0.2, 0) is 46.3 Å². The summed E-state index contributed by atoms with van der Waals surface area (Å²) >= 11 is 0. The zero-order chi connectivity index (χ0) is 52.5. The topological polar surface area (TPSA) is 306 Å². The highest BCUT2D eigenvalue weighted by molar-refractivity contribution is 7.61. The van der Waals surface area contributed by atoms with Crippen molar-refractivity contribution in [1.82, 2.24) is 9.55 Å². The molecular formula is C49H83N3O17P2. The molecule has 1 aliphatic rings. The largest absolute Gasteiger partial charge is 0.481 e. The second kappa shape index (κ2) is 36.5. The van der Waals surface area contributed by atoms with Crippen molar-refractivity contribution in [1.29, 1.82) is 0 Å². The average Bonchev–Trinajstić information content (AvgIpc) is 3.58. The molecule has 406 valence electrons. The van der Waals surface area contributed by atoms with Crippen LogP contribution in [0.3, 0.4) is 0 Å². The van der Waals surface area contributed by atoms with Crippen molar-refractivity contribution in [3.63, 3.8) is 0 Å². The number of carbonyl (C=O) groups excluding carboxylic acids is 2. The molecule has 0 radical (unpaired) electrons. The number of phosphoric acid groups is 2. The standard InChI is InChI=1S/C49H83N3O17P2/c1-4-5-6-7-16-21-27-39(53)28-22-18-19-23-29-40(54)30-25-32-45(56)67-41(35-64-44(55)31-24-17-14-12-10-8-9-11-13-15-20-26-38(2)3)36-65-70(60,61)69-71(62,63)66-37-42-46(57)47(58)48(68-42)52-34-33-43(50)51-49(52)59/h16,18-19,21-23,28-29,33-34,38-42,46-48,53-54,57-58H,4-15,17,20,24-27,30-32,35-37H2,1-3H3,(H,60,61)(H,62,63)(H2,50,51,59)/b19-18+,21-16-,28-22+,29-23-/t39-,40-,41+,42+,46+,47+,48+/m0/s1. The summed E-state index contributed by atoms with van der Waals surface area (Å²) < 4.78 is 56.5. The van der Waals surface area contributed by atoms with Crippen molar-refractivity contribution < 1.29 is 76.5 Å². The van der Waals surface area contributed by atoms with Gasteiger partial charge in [0.2, 0.25) is 0 Å². The van der Waals surface area contributed by atoms with Crippen LogP contribution in [0.5, 0.6) is 0 Å². The molecule has 1 saturated heterocycles. The van der Waals surface area contributed by atoms with Gasteiger partial charge in [0.1, 0.15) is 30.7 Å². The molecule has 71 heavy (non-hydrogen) atoms. The first-order valence-corrected chi connectivity index (χ1v) is 28.2. The zero-order valence-corrected chi connectivity index (χ0v) is 43.7. The van der Waals surface area contributed by atoms with E-state index in [-0.39, 0.29) is 31.5 Å². The van der Waals surface area contributed by atoms with Gasteiger partial charge in [0.05, 0.1) is 25.4 Å². The SMILES string of the molecule is CCCCC/C=C\C[C@H](O)/C=C/C=C/C=C\[C@H](O)CCCC(=O)O[C@H](COC(=O)CCCCCCCCCCCCCC(C)C)COP(=O)(O)OP(=O)(O)OC[C@H]1O[C@@H](n2ccc(N)nc2=O)[C@H](O)[C@@H]1O. The maximum Gasteiger partial charge on any atom is 0.481 e. The molecule has 1 fully saturated rings. The number of phosphoric ester groups is 2. The van der Waals surface area contributed by atoms with Gasteiger partial charge in [-0.2, -0.15) is 9.29 Å². The molecule has 0 aromatic carbocycles. The van der Waals surface area contributed by atoms with Gasteiger partial charge in [0.15, 0.2) is 12.3 Å². The van der Waals surface area contributed by atoms with E-state index in [1.165, 1.54) is 63.5 Å². The average molecular weight is 1050 g/mol. The Kier molecular flexibility index (Phi) is 32.8. The lowest BCUT2D eigenvalue weighted by Gasteiger charge is -2.21. The Balaban J connectivity index is 1.88. The fourth-order valence-electron chi connectivity index (χ4n) is 7.28. The molecule has 2 heterocycles. The Morgan fingerprint density at radius 2 is 1.38 bits per heavy atom. The van der Waals surface area contributed by atoms with Gasteiger partial charge >= 0.3 is 33.3 Å². The highest BCUT2D eigenvalue weighted by Gasteiger charge is 2.46. The first kappa shape index (κ1) is 63.8. The van der Waals surface area contributed by atoms with Crippen LogP contribution in [0.2, 0.25) is 0 Å². The van der Waals surface area contributed by atoms with Crippen molar-refractivity contribution in [3.05, 3.63) is 71.4 Å². The van der Waals surface area contributed by atoms with Gasteiger partial charge in [0, 0.05) is 19.0 Å². The molecule has 0 spiro atoms. The summed E-state index contributed by atoms with van der Waals surface area (Å²) in [5.41, 5.74) is 4.56. The summed E-state index contributed by atoms with van der Waals surface area (Å²) in [6, 6.07) is 1.23. The van der Waals surface area contributed by atoms with Crippen molar-refractivity contribution in [2.24, 2.45) is 5.92 Å². The summed E-state index contributed by atoms with van der Waals surface area (Å²) in [6.07, 6.45) is 24.0. The predicted molar refractivity (Wildman–Crippen MR) is 268 cm³/mol. The van der Waals surface area contributed by atoms with Crippen LogP contribution in [0.15, 0.2) is 65.7 Å². The number of allylic oxidation sites excluding steroid dienone is 5. The summed E-state index contributed by atoms with van der Waals surface area (Å²) in [4.78, 5) is 61.9. The number of hydrogen-bond donors (Lipinski definition) is 7. The monoisotopic (exact) mass is 1050 g/mol. The fraction of sp³-hybridized carbons (Fsp3) is 0.714. The van der Waals surface area contributed by atoms with E-state index in [1.807, 2.05) is 6.08 Å². The van der Waals surface area contributed by atoms with Gasteiger partial charge in [0.25, 0.3) is 0 Å². The maximum absolute atomic E-state index is 12.9. The molecule has 1 aromatic heterocycles. The van der Waals surface area contributed by atoms with Crippen molar-refractivity contribution in [2.75, 3.05) is 25.6 Å². The second-order valence-electron chi connectivity index (χ2n) is 18.2. The first-order chi connectivity index (χ1) is 33.8. The molecule has 1 aromatic rings. The van der Waals surface area contributed by atoms with E-state index < -0.39 is 95.9 Å². The van der Waals surface area contributed by atoms with Crippen LogP contribution in [-0.4, -0.2) is 108 Å². The molecule has 20 nitrogen and oxygen atoms in total. The third-order valence-electron chi connectivity index (χ3n) is 11.3. The number of rotatable bonds is 40. The number of aliphatic hydroxyl groups is 4. The van der Waals surface area contributed by atoms with Crippen LogP contribution in [0, 0.1) is 5.92 Å². The number of anilines is 1. The Morgan fingerprint density at radius 1 is 0.775 bits per heavy atom. The molecule has 9 atom stereocenters. The highest BCUT2D eigenvalue weighted by Crippen LogP contribution is 2.60. The van der Waals surface area contributed by atoms with E-state index in [4.69, 9.17) is 29.0 Å². The van der Waals surface area contributed by atoms with E-state index in [9.17, 15) is 53.7 Å². The number of nitrogen functional groups attached to an aromatic ring is 1. The minimum atomic E-state index is -5.49. The number of aliphatic hydroxyl groups excluding tert-OH is 4. The Hall–Kier alpha value is -3.36. The summed E-state index contributed by atoms with van der Waals surface area (Å²) in [5.74, 6) is -0.799. The number of nitrogens with two attached hydrogens (primary N) is 1. The molecule has 0 saturated carbocycles. The van der Waals surface area contributed by atoms with E-state index >= 15 is 0 Å². The molecular weight excluding hydrogens is 964 g/mol. The van der Waals surface area contributed by atoms with Gasteiger partial charge in [-0.1, -0.05) is 153 Å². The number of carbonyl (C=O) groups is 2. The third-order valence-corrected chi connectivity index (χ3v) is 13.9. The van der Waals surface area contributed by atoms with E-state index in [1.54, 1.807) is 30.4 Å². The van der Waals surface area contributed by atoms with Gasteiger partial charge in [-0.25, -0.2) is 13.9 Å². The molecule has 1 aliphatic heterocycles. The predicted octanol–water partition coefficient (Wildman–Crippen LogP) is 7.96.